The van der Waals surface area contributed by atoms with Gasteiger partial charge < -0.3 is 0 Å². The summed E-state index contributed by atoms with van der Waals surface area (Å²) in [6.45, 7) is 0. The average molecular weight is 294 g/mol. The van der Waals surface area contributed by atoms with E-state index >= 15 is 0 Å². The molecule has 0 N–H and O–H groups in total. The van der Waals surface area contributed by atoms with E-state index in [1.165, 1.54) is 16.4 Å². The Morgan fingerprint density at radius 1 is 0.778 bits per heavy atom. The molecule has 0 radical (unpaired) electrons. The third kappa shape index (κ3) is 4.27. The van der Waals surface area contributed by atoms with Crippen LogP contribution >= 0.6 is 9.24 Å². The topological polar surface area (TPSA) is 0 Å². The molecule has 0 aromatic heterocycles. The fourth-order valence-corrected chi connectivity index (χ4v) is 2.01. The van der Waals surface area contributed by atoms with Crippen LogP contribution in [-0.2, 0) is 17.1 Å². The minimum atomic E-state index is 0. The largest absolute Gasteiger partial charge is 2.00 e. The number of rotatable bonds is 1. The first-order valence-corrected chi connectivity index (χ1v) is 6.19. The molecule has 3 aromatic rings. The Labute approximate surface area is 121 Å². The van der Waals surface area contributed by atoms with Gasteiger partial charge in [-0.1, -0.05) is 35.9 Å². The summed E-state index contributed by atoms with van der Waals surface area (Å²) in [5.41, 5.74) is 2.59. The smallest absolute Gasteiger partial charge is 0.214 e. The van der Waals surface area contributed by atoms with Crippen LogP contribution in [0.25, 0.3) is 11.1 Å². The minimum absolute atomic E-state index is 0. The quantitative estimate of drug-likeness (QED) is 0.362. The third-order valence-electron chi connectivity index (χ3n) is 2.49. The van der Waals surface area contributed by atoms with Gasteiger partial charge in [0.05, 0.1) is 0 Å². The molecule has 0 saturated carbocycles. The molecule has 0 amide bonds. The van der Waals surface area contributed by atoms with Crippen LogP contribution in [0.15, 0.2) is 78.9 Å². The maximum Gasteiger partial charge on any atom is 2.00 e. The van der Waals surface area contributed by atoms with Crippen molar-refractivity contribution in [2.75, 3.05) is 0 Å². The van der Waals surface area contributed by atoms with Gasteiger partial charge in [-0.05, 0) is 0 Å². The van der Waals surface area contributed by atoms with Crippen LogP contribution in [0.2, 0.25) is 0 Å². The van der Waals surface area contributed by atoms with E-state index in [1.807, 2.05) is 36.4 Å². The first-order chi connectivity index (χ1) is 8.38. The zero-order valence-electron chi connectivity index (χ0n) is 9.94. The van der Waals surface area contributed by atoms with E-state index in [2.05, 4.69) is 51.7 Å². The van der Waals surface area contributed by atoms with E-state index in [-0.39, 0.29) is 17.1 Å². The van der Waals surface area contributed by atoms with Crippen LogP contribution in [0.4, 0.5) is 0 Å². The Kier molecular flexibility index (Phi) is 6.68. The number of hydrogen-bond acceptors (Lipinski definition) is 0. The fourth-order valence-electron chi connectivity index (χ4n) is 1.64. The zero-order chi connectivity index (χ0) is 11.9. The van der Waals surface area contributed by atoms with E-state index in [0.29, 0.717) is 0 Å². The summed E-state index contributed by atoms with van der Waals surface area (Å²) < 4.78 is 0. The summed E-state index contributed by atoms with van der Waals surface area (Å²) in [4.78, 5) is 0. The first-order valence-electron chi connectivity index (χ1n) is 5.61. The van der Waals surface area contributed by atoms with Gasteiger partial charge in [-0.15, -0.1) is 14.5 Å². The third-order valence-corrected chi connectivity index (χ3v) is 2.99. The SMILES string of the molecule is Pc1[cH-]ccc1-c1ccccc1.[Fe+2].c1cc[cH-]c1. The number of benzene rings is 1. The minimum Gasteiger partial charge on any atom is -0.214 e. The summed E-state index contributed by atoms with van der Waals surface area (Å²) in [6, 6.07) is 26.7. The van der Waals surface area contributed by atoms with Crippen molar-refractivity contribution < 1.29 is 17.1 Å². The van der Waals surface area contributed by atoms with Gasteiger partial charge in [0.1, 0.15) is 0 Å². The van der Waals surface area contributed by atoms with Crippen LogP contribution in [0, 0.1) is 0 Å². The summed E-state index contributed by atoms with van der Waals surface area (Å²) >= 11 is 0. The summed E-state index contributed by atoms with van der Waals surface area (Å²) in [7, 11) is 2.75. The molecule has 0 fully saturated rings. The summed E-state index contributed by atoms with van der Waals surface area (Å²) in [6.07, 6.45) is 0. The Bertz CT molecular complexity index is 506. The van der Waals surface area contributed by atoms with Crippen LogP contribution in [0.1, 0.15) is 0 Å². The van der Waals surface area contributed by atoms with E-state index in [1.54, 1.807) is 0 Å². The molecule has 3 rings (SSSR count). The molecule has 0 saturated heterocycles. The molecule has 18 heavy (non-hydrogen) atoms. The molecule has 0 aliphatic rings. The van der Waals surface area contributed by atoms with Gasteiger partial charge >= 0.3 is 17.1 Å². The monoisotopic (exact) mass is 294 g/mol. The van der Waals surface area contributed by atoms with Gasteiger partial charge in [0.15, 0.2) is 0 Å². The molecule has 0 bridgehead atoms. The maximum atomic E-state index is 2.75. The Hall–Kier alpha value is -1.13. The number of hydrogen-bond donors (Lipinski definition) is 0. The van der Waals surface area contributed by atoms with Crippen LogP contribution in [-0.4, -0.2) is 0 Å². The molecule has 1 unspecified atom stereocenters. The molecule has 0 aliphatic heterocycles. The second-order valence-corrected chi connectivity index (χ2v) is 4.35. The molecule has 2 heteroatoms. The Morgan fingerprint density at radius 3 is 1.89 bits per heavy atom. The summed E-state index contributed by atoms with van der Waals surface area (Å²) in [5, 5.41) is 1.27. The molecule has 0 nitrogen and oxygen atoms in total. The molecular weight excluding hydrogens is 279 g/mol. The van der Waals surface area contributed by atoms with E-state index in [4.69, 9.17) is 0 Å². The molecule has 1 atom stereocenters. The second-order valence-electron chi connectivity index (χ2n) is 3.72. The molecule has 0 aliphatic carbocycles. The van der Waals surface area contributed by atoms with Crippen molar-refractivity contribution >= 4 is 14.5 Å². The van der Waals surface area contributed by atoms with E-state index < -0.39 is 0 Å². The van der Waals surface area contributed by atoms with Gasteiger partial charge in [-0.3, -0.25) is 0 Å². The Balaban J connectivity index is 0.000000230. The zero-order valence-corrected chi connectivity index (χ0v) is 12.2. The predicted octanol–water partition coefficient (Wildman–Crippen LogP) is 3.98. The van der Waals surface area contributed by atoms with Gasteiger partial charge in [-0.2, -0.15) is 35.9 Å². The fraction of sp³-hybridized carbons (Fsp3) is 0. The molecule has 0 spiro atoms. The van der Waals surface area contributed by atoms with Crippen LogP contribution in [0.3, 0.4) is 0 Å². The van der Waals surface area contributed by atoms with Crippen molar-refractivity contribution in [1.82, 2.24) is 0 Å². The van der Waals surface area contributed by atoms with Crippen molar-refractivity contribution in [2.24, 2.45) is 0 Å². The summed E-state index contributed by atoms with van der Waals surface area (Å²) in [5.74, 6) is 0. The van der Waals surface area contributed by atoms with Crippen molar-refractivity contribution in [3.8, 4) is 11.1 Å². The molecule has 3 aromatic carbocycles. The Morgan fingerprint density at radius 2 is 1.44 bits per heavy atom. The normalized spacial score (nSPS) is 8.94. The van der Waals surface area contributed by atoms with Crippen LogP contribution < -0.4 is 5.30 Å². The second kappa shape index (κ2) is 8.06. The van der Waals surface area contributed by atoms with E-state index in [9.17, 15) is 0 Å². The maximum absolute atomic E-state index is 2.75. The predicted molar refractivity (Wildman–Crippen MR) is 78.9 cm³/mol. The van der Waals surface area contributed by atoms with E-state index in [0.717, 1.165) is 0 Å². The van der Waals surface area contributed by atoms with Gasteiger partial charge in [-0.25, -0.2) is 18.2 Å². The van der Waals surface area contributed by atoms with Crippen molar-refractivity contribution in [2.45, 2.75) is 0 Å². The average Bonchev–Trinajstić information content (AvgIpc) is 3.03. The van der Waals surface area contributed by atoms with Gasteiger partial charge in [0.25, 0.3) is 0 Å². The molecule has 92 valence electrons. The standard InChI is InChI=1S/C11H10P.C5H5.Fe/c12-11-8-4-7-10(11)9-5-2-1-3-6-9;1-2-4-5-3-1;/h1-8H,12H2;1-5H;/q2*-1;+2. The first kappa shape index (κ1) is 14.9. The van der Waals surface area contributed by atoms with Crippen molar-refractivity contribution in [3.05, 3.63) is 78.9 Å². The van der Waals surface area contributed by atoms with Gasteiger partial charge in [0.2, 0.25) is 0 Å². The van der Waals surface area contributed by atoms with Crippen molar-refractivity contribution in [3.63, 3.8) is 0 Å². The van der Waals surface area contributed by atoms with Gasteiger partial charge in [0, 0.05) is 0 Å². The molecular formula is C16H15FeP. The molecule has 0 heterocycles. The van der Waals surface area contributed by atoms with Crippen molar-refractivity contribution in [1.29, 1.82) is 0 Å². The van der Waals surface area contributed by atoms with Crippen LogP contribution in [0.5, 0.6) is 0 Å².